The summed E-state index contributed by atoms with van der Waals surface area (Å²) in [6.45, 7) is 2.26. The second kappa shape index (κ2) is 12.6. The van der Waals surface area contributed by atoms with Gasteiger partial charge in [0.2, 0.25) is 0 Å². The Balaban J connectivity index is 1.03. The number of alkyl halides is 2. The zero-order valence-corrected chi connectivity index (χ0v) is 25.7. The smallest absolute Gasteiger partial charge is 0.323 e. The average Bonchev–Trinajstić information content (AvgIpc) is 3.84. The van der Waals surface area contributed by atoms with E-state index < -0.39 is 47.1 Å². The van der Waals surface area contributed by atoms with Crippen molar-refractivity contribution in [3.63, 3.8) is 0 Å². The van der Waals surface area contributed by atoms with Crippen LogP contribution in [0.25, 0.3) is 11.1 Å². The van der Waals surface area contributed by atoms with Crippen molar-refractivity contribution in [2.45, 2.75) is 37.0 Å². The quantitative estimate of drug-likeness (QED) is 0.203. The third kappa shape index (κ3) is 6.08. The van der Waals surface area contributed by atoms with E-state index in [4.69, 9.17) is 0 Å². The molecule has 3 aromatic heterocycles. The largest absolute Gasteiger partial charge is 0.387 e. The van der Waals surface area contributed by atoms with Crippen molar-refractivity contribution in [1.29, 1.82) is 0 Å². The van der Waals surface area contributed by atoms with Gasteiger partial charge < -0.3 is 20.0 Å². The molecule has 2 atom stereocenters. The molecule has 1 aliphatic heterocycles. The first kappa shape index (κ1) is 31.6. The van der Waals surface area contributed by atoms with E-state index in [0.29, 0.717) is 17.5 Å². The molecule has 0 spiro atoms. The Morgan fingerprint density at radius 2 is 1.50 bits per heavy atom. The highest BCUT2D eigenvalue weighted by atomic mass is 19.3. The minimum atomic E-state index is -4.14. The molecule has 2 aliphatic rings. The highest BCUT2D eigenvalue weighted by molar-refractivity contribution is 5.66. The van der Waals surface area contributed by atoms with Crippen molar-refractivity contribution < 1.29 is 27.8 Å². The summed E-state index contributed by atoms with van der Waals surface area (Å²) in [6, 6.07) is 16.1. The van der Waals surface area contributed by atoms with Gasteiger partial charge in [-0.25, -0.2) is 13.5 Å². The monoisotopic (exact) mass is 660 g/mol. The maximum Gasteiger partial charge on any atom is 0.323 e. The maximum atomic E-state index is 16.1. The molecule has 2 N–H and O–H groups in total. The second-order valence-corrected chi connectivity index (χ2v) is 12.2. The number of hydrogen-bond acceptors (Lipinski definition) is 9. The van der Waals surface area contributed by atoms with Crippen LogP contribution in [-0.2, 0) is 18.1 Å². The van der Waals surface area contributed by atoms with Gasteiger partial charge in [0.25, 0.3) is 0 Å². The molecule has 10 nitrogen and oxygen atoms in total. The first-order valence-electron chi connectivity index (χ1n) is 15.6. The van der Waals surface area contributed by atoms with Crippen molar-refractivity contribution in [2.24, 2.45) is 5.92 Å². The molecule has 2 fully saturated rings. The molecule has 2 unspecified atom stereocenters. The molecule has 0 radical (unpaired) electrons. The van der Waals surface area contributed by atoms with Crippen molar-refractivity contribution >= 4 is 11.4 Å². The van der Waals surface area contributed by atoms with E-state index in [0.717, 1.165) is 90.9 Å². The lowest BCUT2D eigenvalue weighted by atomic mass is 9.84. The van der Waals surface area contributed by atoms with E-state index in [1.165, 1.54) is 12.3 Å². The lowest BCUT2D eigenvalue weighted by molar-refractivity contribution is -0.207. The van der Waals surface area contributed by atoms with Crippen LogP contribution in [0.2, 0.25) is 0 Å². The normalized spacial score (nSPS) is 17.3. The van der Waals surface area contributed by atoms with Gasteiger partial charge in [-0.2, -0.15) is 8.78 Å². The Morgan fingerprint density at radius 1 is 0.812 bits per heavy atom. The van der Waals surface area contributed by atoms with Gasteiger partial charge in [-0.05, 0) is 77.2 Å². The predicted octanol–water partition coefficient (Wildman–Crippen LogP) is 4.86. The van der Waals surface area contributed by atoms with Crippen LogP contribution in [0.3, 0.4) is 0 Å². The number of halogens is 4. The zero-order chi connectivity index (χ0) is 33.5. The molecule has 1 saturated carbocycles. The number of pyridine rings is 2. The van der Waals surface area contributed by atoms with Crippen LogP contribution in [0.1, 0.15) is 35.9 Å². The molecule has 5 aromatic rings. The van der Waals surface area contributed by atoms with Gasteiger partial charge >= 0.3 is 5.92 Å². The molecule has 1 aliphatic carbocycles. The molecule has 1 saturated heterocycles. The molecule has 2 aromatic carbocycles. The van der Waals surface area contributed by atoms with E-state index in [1.807, 2.05) is 42.6 Å². The minimum Gasteiger partial charge on any atom is -0.387 e. The van der Waals surface area contributed by atoms with E-state index in [1.54, 1.807) is 0 Å². The third-order valence-corrected chi connectivity index (χ3v) is 9.12. The highest BCUT2D eigenvalue weighted by Crippen LogP contribution is 2.47. The molecular formula is C34H32F4N8O2. The molecule has 248 valence electrons. The number of tetrazole rings is 1. The number of aromatic nitrogens is 6. The topological polar surface area (TPSA) is 116 Å². The SMILES string of the molecule is OC(c1ccc(N2CCN(c3ccc(-c4ccc(C(F)(F)C(O)(Cn5cnnn5)c5ccc(F)cc5F)nc4)cc3)CC2)cn1)C1CC1. The summed E-state index contributed by atoms with van der Waals surface area (Å²) in [5.74, 6) is -6.14. The van der Waals surface area contributed by atoms with Crippen molar-refractivity contribution in [3.8, 4) is 11.1 Å². The van der Waals surface area contributed by atoms with E-state index in [9.17, 15) is 19.0 Å². The van der Waals surface area contributed by atoms with Crippen LogP contribution in [0.4, 0.5) is 28.9 Å². The Hall–Kier alpha value is -4.95. The van der Waals surface area contributed by atoms with Crippen molar-refractivity contribution in [3.05, 3.63) is 114 Å². The van der Waals surface area contributed by atoms with Crippen LogP contribution >= 0.6 is 0 Å². The molecule has 7 rings (SSSR count). The predicted molar refractivity (Wildman–Crippen MR) is 168 cm³/mol. The Bertz CT molecular complexity index is 1850. The fourth-order valence-electron chi connectivity index (χ4n) is 6.13. The van der Waals surface area contributed by atoms with Gasteiger partial charge in [0.15, 0.2) is 5.60 Å². The number of aliphatic hydroxyl groups is 2. The molecule has 4 heterocycles. The Labute approximate surface area is 273 Å². The standard InChI is InChI=1S/C34H32F4N8O2/c35-25-6-10-28(29(36)17-25)33(48,20-46-21-41-42-43-46)34(37,38)31-12-5-24(18-40-31)22-3-7-26(8-4-22)44-13-15-45(16-14-44)27-9-11-30(39-19-27)32(47)23-1-2-23/h3-12,17-19,21,23,32,47-48H,1-2,13-16,20H2. The van der Waals surface area contributed by atoms with Crippen LogP contribution in [0.15, 0.2) is 85.5 Å². The van der Waals surface area contributed by atoms with Crippen LogP contribution < -0.4 is 9.80 Å². The van der Waals surface area contributed by atoms with Crippen LogP contribution in [0.5, 0.6) is 0 Å². The summed E-state index contributed by atoms with van der Waals surface area (Å²) in [5, 5.41) is 32.0. The zero-order valence-electron chi connectivity index (χ0n) is 25.7. The van der Waals surface area contributed by atoms with Crippen LogP contribution in [0, 0.1) is 17.6 Å². The van der Waals surface area contributed by atoms with E-state index >= 15 is 8.78 Å². The number of piperazine rings is 1. The number of benzene rings is 2. The summed E-state index contributed by atoms with van der Waals surface area (Å²) in [7, 11) is 0. The summed E-state index contributed by atoms with van der Waals surface area (Å²) in [4.78, 5) is 13.0. The molecule has 14 heteroatoms. The van der Waals surface area contributed by atoms with Gasteiger partial charge in [0.05, 0.1) is 30.2 Å². The summed E-state index contributed by atoms with van der Waals surface area (Å²) >= 11 is 0. The summed E-state index contributed by atoms with van der Waals surface area (Å²) in [6.07, 6.45) is 5.71. The maximum absolute atomic E-state index is 16.1. The summed E-state index contributed by atoms with van der Waals surface area (Å²) in [5.41, 5.74) is -0.785. The minimum absolute atomic E-state index is 0.334. The number of hydrogen-bond donors (Lipinski definition) is 2. The van der Waals surface area contributed by atoms with Gasteiger partial charge in [-0.15, -0.1) is 5.10 Å². The first-order chi connectivity index (χ1) is 23.1. The van der Waals surface area contributed by atoms with Gasteiger partial charge in [0, 0.05) is 55.3 Å². The fraction of sp³-hybridized carbons (Fsp3) is 0.324. The lowest BCUT2D eigenvalue weighted by Crippen LogP contribution is -2.48. The average molecular weight is 661 g/mol. The van der Waals surface area contributed by atoms with Gasteiger partial charge in [-0.1, -0.05) is 18.2 Å². The fourth-order valence-corrected chi connectivity index (χ4v) is 6.13. The van der Waals surface area contributed by atoms with E-state index in [-0.39, 0.29) is 0 Å². The second-order valence-electron chi connectivity index (χ2n) is 12.2. The number of anilines is 2. The van der Waals surface area contributed by atoms with Crippen molar-refractivity contribution in [1.82, 2.24) is 30.2 Å². The van der Waals surface area contributed by atoms with Crippen LogP contribution in [-0.4, -0.2) is 66.6 Å². The van der Waals surface area contributed by atoms with E-state index in [2.05, 4.69) is 35.3 Å². The van der Waals surface area contributed by atoms with Crippen molar-refractivity contribution in [2.75, 3.05) is 36.0 Å². The van der Waals surface area contributed by atoms with Gasteiger partial charge in [-0.3, -0.25) is 9.97 Å². The lowest BCUT2D eigenvalue weighted by Gasteiger charge is -2.37. The number of nitrogens with zero attached hydrogens (tertiary/aromatic N) is 8. The highest BCUT2D eigenvalue weighted by Gasteiger charge is 2.58. The third-order valence-electron chi connectivity index (χ3n) is 9.12. The Morgan fingerprint density at radius 3 is 2.08 bits per heavy atom. The molecular weight excluding hydrogens is 628 g/mol. The summed E-state index contributed by atoms with van der Waals surface area (Å²) < 4.78 is 61.5. The molecule has 0 bridgehead atoms. The molecule has 48 heavy (non-hydrogen) atoms. The number of rotatable bonds is 10. The molecule has 0 amide bonds. The van der Waals surface area contributed by atoms with Gasteiger partial charge in [0.1, 0.15) is 23.7 Å². The number of aliphatic hydroxyl groups excluding tert-OH is 1. The Kier molecular flexibility index (Phi) is 8.29. The first-order valence-corrected chi connectivity index (χ1v) is 15.6.